The quantitative estimate of drug-likeness (QED) is 0.479. The molecule has 8 heteroatoms. The first-order chi connectivity index (χ1) is 9.19. The second kappa shape index (κ2) is 8.20. The number of aryl methyl sites for hydroxylation is 1. The summed E-state index contributed by atoms with van der Waals surface area (Å²) in [4.78, 5) is 11.7. The Kier molecular flexibility index (Phi) is 6.93. The van der Waals surface area contributed by atoms with Crippen molar-refractivity contribution in [2.75, 3.05) is 14.1 Å². The predicted octanol–water partition coefficient (Wildman–Crippen LogP) is 2.26. The highest BCUT2D eigenvalue weighted by atomic mass is 127. The summed E-state index contributed by atoms with van der Waals surface area (Å²) in [5, 5.41) is 8.26. The van der Waals surface area contributed by atoms with E-state index in [4.69, 9.17) is 4.52 Å². The molecule has 0 aliphatic rings. The van der Waals surface area contributed by atoms with Gasteiger partial charge in [0, 0.05) is 31.2 Å². The van der Waals surface area contributed by atoms with E-state index in [1.807, 2.05) is 31.1 Å². The monoisotopic (exact) mass is 407 g/mol. The average Bonchev–Trinajstić information content (AvgIpc) is 3.02. The molecule has 1 N–H and O–H groups in total. The van der Waals surface area contributed by atoms with Crippen LogP contribution in [0.15, 0.2) is 28.0 Å². The smallest absolute Gasteiger partial charge is 0.194 e. The Morgan fingerprint density at radius 2 is 2.35 bits per heavy atom. The van der Waals surface area contributed by atoms with Gasteiger partial charge >= 0.3 is 0 Å². The van der Waals surface area contributed by atoms with Crippen molar-refractivity contribution in [3.8, 4) is 0 Å². The van der Waals surface area contributed by atoms with Crippen molar-refractivity contribution < 1.29 is 4.52 Å². The molecular formula is C12H18IN5OS. The number of hydrogen-bond acceptors (Lipinski definition) is 5. The van der Waals surface area contributed by atoms with Gasteiger partial charge in [0.05, 0.1) is 18.1 Å². The van der Waals surface area contributed by atoms with Crippen LogP contribution in [0.4, 0.5) is 0 Å². The Balaban J connectivity index is 0.00000200. The van der Waals surface area contributed by atoms with Crippen LogP contribution >= 0.6 is 35.3 Å². The molecule has 0 amide bonds. The number of aromatic nitrogens is 2. The van der Waals surface area contributed by atoms with Crippen molar-refractivity contribution in [2.45, 2.75) is 20.0 Å². The second-order valence-electron chi connectivity index (χ2n) is 4.09. The Morgan fingerprint density at radius 3 is 2.90 bits per heavy atom. The molecule has 20 heavy (non-hydrogen) atoms. The maximum Gasteiger partial charge on any atom is 0.194 e. The number of guanidine groups is 1. The summed E-state index contributed by atoms with van der Waals surface area (Å²) in [6.45, 7) is 3.37. The van der Waals surface area contributed by atoms with Gasteiger partial charge in [-0.25, -0.2) is 4.98 Å². The summed E-state index contributed by atoms with van der Waals surface area (Å²) in [5.74, 6) is 0.814. The Bertz CT molecular complexity index is 540. The van der Waals surface area contributed by atoms with Crippen LogP contribution in [0.2, 0.25) is 0 Å². The lowest BCUT2D eigenvalue weighted by Gasteiger charge is -2.20. The topological polar surface area (TPSA) is 66.6 Å². The van der Waals surface area contributed by atoms with E-state index < -0.39 is 0 Å². The van der Waals surface area contributed by atoms with Crippen molar-refractivity contribution in [3.63, 3.8) is 0 Å². The van der Waals surface area contributed by atoms with Crippen molar-refractivity contribution in [1.29, 1.82) is 0 Å². The second-order valence-corrected chi connectivity index (χ2v) is 5.41. The van der Waals surface area contributed by atoms with Gasteiger partial charge in [-0.2, -0.15) is 0 Å². The van der Waals surface area contributed by atoms with Crippen molar-refractivity contribution in [1.82, 2.24) is 20.4 Å². The van der Waals surface area contributed by atoms with Gasteiger partial charge < -0.3 is 14.7 Å². The van der Waals surface area contributed by atoms with E-state index in [-0.39, 0.29) is 24.0 Å². The van der Waals surface area contributed by atoms with Crippen molar-refractivity contribution in [2.24, 2.45) is 4.99 Å². The lowest BCUT2D eigenvalue weighted by molar-refractivity contribution is 0.391. The molecule has 0 aliphatic heterocycles. The molecule has 0 fully saturated rings. The number of aliphatic imine (C=N–C) groups is 1. The normalized spacial score (nSPS) is 11.1. The fourth-order valence-corrected chi connectivity index (χ4v) is 2.41. The molecule has 0 atom stereocenters. The standard InChI is InChI=1S/C12H17N5OS.HI/c1-9-14-6-11(19-9)7-15-12(13-2)17(3)8-10-4-5-18-16-10;/h4-6H,7-8H2,1-3H3,(H,13,15);1H. The zero-order valence-electron chi connectivity index (χ0n) is 11.7. The van der Waals surface area contributed by atoms with Gasteiger partial charge in [0.25, 0.3) is 0 Å². The number of hydrogen-bond donors (Lipinski definition) is 1. The van der Waals surface area contributed by atoms with Crippen molar-refractivity contribution in [3.05, 3.63) is 34.1 Å². The fourth-order valence-electron chi connectivity index (χ4n) is 1.67. The molecule has 6 nitrogen and oxygen atoms in total. The number of nitrogens with one attached hydrogen (secondary N) is 1. The molecule has 0 saturated heterocycles. The lowest BCUT2D eigenvalue weighted by atomic mass is 10.4. The third-order valence-electron chi connectivity index (χ3n) is 2.55. The maximum atomic E-state index is 4.82. The van der Waals surface area contributed by atoms with E-state index in [0.29, 0.717) is 6.54 Å². The third-order valence-corrected chi connectivity index (χ3v) is 3.47. The summed E-state index contributed by atoms with van der Waals surface area (Å²) < 4.78 is 4.82. The Labute approximate surface area is 139 Å². The van der Waals surface area contributed by atoms with Gasteiger partial charge in [0.2, 0.25) is 0 Å². The summed E-state index contributed by atoms with van der Waals surface area (Å²) >= 11 is 1.68. The van der Waals surface area contributed by atoms with E-state index in [1.54, 1.807) is 24.6 Å². The third kappa shape index (κ3) is 4.75. The van der Waals surface area contributed by atoms with Gasteiger partial charge in [-0.1, -0.05) is 5.16 Å². The summed E-state index contributed by atoms with van der Waals surface area (Å²) in [7, 11) is 3.72. The number of rotatable bonds is 4. The van der Waals surface area contributed by atoms with Gasteiger partial charge in [-0.15, -0.1) is 35.3 Å². The van der Waals surface area contributed by atoms with E-state index in [0.717, 1.165) is 23.2 Å². The Morgan fingerprint density at radius 1 is 1.55 bits per heavy atom. The molecule has 0 radical (unpaired) electrons. The minimum atomic E-state index is 0. The molecule has 0 unspecified atom stereocenters. The average molecular weight is 407 g/mol. The zero-order chi connectivity index (χ0) is 13.7. The fraction of sp³-hybridized carbons (Fsp3) is 0.417. The van der Waals surface area contributed by atoms with Gasteiger partial charge in [-0.3, -0.25) is 4.99 Å². The molecule has 0 spiro atoms. The highest BCUT2D eigenvalue weighted by molar-refractivity contribution is 14.0. The molecule has 2 aromatic rings. The van der Waals surface area contributed by atoms with Crippen LogP contribution in [0.5, 0.6) is 0 Å². The van der Waals surface area contributed by atoms with Gasteiger partial charge in [-0.05, 0) is 6.92 Å². The summed E-state index contributed by atoms with van der Waals surface area (Å²) in [5.41, 5.74) is 0.874. The van der Waals surface area contributed by atoms with E-state index >= 15 is 0 Å². The number of thiazole rings is 1. The van der Waals surface area contributed by atoms with Crippen LogP contribution in [0.25, 0.3) is 0 Å². The number of halogens is 1. The minimum Gasteiger partial charge on any atom is -0.364 e. The highest BCUT2D eigenvalue weighted by Crippen LogP contribution is 2.11. The first-order valence-electron chi connectivity index (χ1n) is 5.91. The van der Waals surface area contributed by atoms with Crippen LogP contribution in [0, 0.1) is 6.92 Å². The van der Waals surface area contributed by atoms with Crippen LogP contribution in [-0.4, -0.2) is 35.1 Å². The first kappa shape index (κ1) is 16.9. The Hall–Kier alpha value is -1.16. The molecule has 0 aromatic carbocycles. The molecule has 0 bridgehead atoms. The van der Waals surface area contributed by atoms with Crippen LogP contribution < -0.4 is 5.32 Å². The predicted molar refractivity (Wildman–Crippen MR) is 90.4 cm³/mol. The summed E-state index contributed by atoms with van der Waals surface area (Å²) in [6, 6.07) is 1.84. The number of nitrogens with zero attached hydrogens (tertiary/aromatic N) is 4. The zero-order valence-corrected chi connectivity index (χ0v) is 14.8. The molecule has 110 valence electrons. The molecular weight excluding hydrogens is 389 g/mol. The van der Waals surface area contributed by atoms with Crippen LogP contribution in [-0.2, 0) is 13.1 Å². The molecule has 2 aromatic heterocycles. The SMILES string of the molecule is CN=C(NCc1cnc(C)s1)N(C)Cc1ccon1.I. The van der Waals surface area contributed by atoms with Crippen molar-refractivity contribution >= 4 is 41.3 Å². The van der Waals surface area contributed by atoms with E-state index in [1.165, 1.54) is 4.88 Å². The molecule has 0 saturated carbocycles. The van der Waals surface area contributed by atoms with E-state index in [2.05, 4.69) is 20.4 Å². The lowest BCUT2D eigenvalue weighted by Crippen LogP contribution is -2.37. The molecule has 2 rings (SSSR count). The molecule has 2 heterocycles. The minimum absolute atomic E-state index is 0. The van der Waals surface area contributed by atoms with Gasteiger partial charge in [0.1, 0.15) is 12.0 Å². The van der Waals surface area contributed by atoms with E-state index in [9.17, 15) is 0 Å². The molecule has 0 aliphatic carbocycles. The van der Waals surface area contributed by atoms with Gasteiger partial charge in [0.15, 0.2) is 5.96 Å². The largest absolute Gasteiger partial charge is 0.364 e. The first-order valence-corrected chi connectivity index (χ1v) is 6.73. The summed E-state index contributed by atoms with van der Waals surface area (Å²) in [6.07, 6.45) is 3.46. The highest BCUT2D eigenvalue weighted by Gasteiger charge is 2.08. The maximum absolute atomic E-state index is 4.82. The van der Waals surface area contributed by atoms with Crippen LogP contribution in [0.1, 0.15) is 15.6 Å². The van der Waals surface area contributed by atoms with Crippen LogP contribution in [0.3, 0.4) is 0 Å².